The first-order valence-electron chi connectivity index (χ1n) is 8.50. The van der Waals surface area contributed by atoms with Crippen LogP contribution in [0.1, 0.15) is 18.9 Å². The molecular weight excluding hydrogens is 338 g/mol. The van der Waals surface area contributed by atoms with E-state index in [1.54, 1.807) is 0 Å². The lowest BCUT2D eigenvalue weighted by Crippen LogP contribution is -2.66. The second-order valence-electron chi connectivity index (χ2n) is 6.69. The van der Waals surface area contributed by atoms with Gasteiger partial charge in [0.05, 0.1) is 6.54 Å². The lowest BCUT2D eigenvalue weighted by Gasteiger charge is -2.41. The first-order chi connectivity index (χ1) is 12.3. The van der Waals surface area contributed by atoms with Crippen LogP contribution in [0.3, 0.4) is 0 Å². The first kappa shape index (κ1) is 17.9. The fraction of sp³-hybridized carbons (Fsp3) is 0.444. The lowest BCUT2D eigenvalue weighted by atomic mass is 9.99. The molecule has 0 aliphatic carbocycles. The Morgan fingerprint density at radius 3 is 2.46 bits per heavy atom. The largest absolute Gasteiger partial charge is 0.480 e. The highest BCUT2D eigenvalue weighted by Gasteiger charge is 2.54. The average Bonchev–Trinajstić information content (AvgIpc) is 2.92. The van der Waals surface area contributed by atoms with E-state index < -0.39 is 41.9 Å². The highest BCUT2D eigenvalue weighted by atomic mass is 16.4. The number of hydrogen-bond donors (Lipinski definition) is 1. The number of carboxylic acid groups (broad SMARTS) is 1. The molecule has 4 amide bonds. The number of rotatable bonds is 5. The molecule has 8 nitrogen and oxygen atoms in total. The van der Waals surface area contributed by atoms with E-state index in [0.717, 1.165) is 15.4 Å². The standard InChI is InChI=1S/C18H21N3O5/c1-11-15(22)21-14(10-19(2)18(21)26)16(23)20(11)13(17(24)25)9-8-12-6-4-3-5-7-12/h3-7,11,13-14H,8-10H2,1-2H3,(H,24,25)/t11-,13-,14+/m0/s1. The summed E-state index contributed by atoms with van der Waals surface area (Å²) in [7, 11) is 1.51. The third-order valence-electron chi connectivity index (χ3n) is 5.01. The van der Waals surface area contributed by atoms with Crippen LogP contribution in [0, 0.1) is 0 Å². The molecule has 0 bridgehead atoms. The van der Waals surface area contributed by atoms with Crippen molar-refractivity contribution in [3.8, 4) is 0 Å². The Bertz CT molecular complexity index is 750. The molecule has 1 N–H and O–H groups in total. The molecule has 2 aliphatic heterocycles. The van der Waals surface area contributed by atoms with Crippen molar-refractivity contribution in [3.05, 3.63) is 35.9 Å². The van der Waals surface area contributed by atoms with Gasteiger partial charge in [0.1, 0.15) is 18.1 Å². The van der Waals surface area contributed by atoms with Gasteiger partial charge in [-0.25, -0.2) is 14.5 Å². The summed E-state index contributed by atoms with van der Waals surface area (Å²) in [6.07, 6.45) is 0.662. The monoisotopic (exact) mass is 359 g/mol. The van der Waals surface area contributed by atoms with Crippen LogP contribution in [0.25, 0.3) is 0 Å². The van der Waals surface area contributed by atoms with Crippen LogP contribution in [0.2, 0.25) is 0 Å². The third-order valence-corrected chi connectivity index (χ3v) is 5.01. The molecule has 3 rings (SSSR count). The quantitative estimate of drug-likeness (QED) is 0.829. The molecule has 2 aliphatic rings. The molecule has 8 heteroatoms. The van der Waals surface area contributed by atoms with Crippen molar-refractivity contribution in [1.29, 1.82) is 0 Å². The zero-order valence-electron chi connectivity index (χ0n) is 14.7. The van der Waals surface area contributed by atoms with Gasteiger partial charge in [-0.05, 0) is 25.3 Å². The molecule has 0 unspecified atom stereocenters. The lowest BCUT2D eigenvalue weighted by molar-refractivity contribution is -0.164. The second kappa shape index (κ2) is 6.78. The van der Waals surface area contributed by atoms with Gasteiger partial charge in [-0.3, -0.25) is 9.59 Å². The Kier molecular flexibility index (Phi) is 4.67. The van der Waals surface area contributed by atoms with Gasteiger partial charge >= 0.3 is 12.0 Å². The number of fused-ring (bicyclic) bond motifs is 1. The van der Waals surface area contributed by atoms with Crippen LogP contribution in [0.5, 0.6) is 0 Å². The Labute approximate surface area is 151 Å². The highest BCUT2D eigenvalue weighted by molar-refractivity contribution is 6.08. The minimum atomic E-state index is -1.15. The van der Waals surface area contributed by atoms with Crippen LogP contribution in [0.4, 0.5) is 4.79 Å². The number of hydrogen-bond acceptors (Lipinski definition) is 4. The molecule has 2 heterocycles. The van der Waals surface area contributed by atoms with Gasteiger partial charge < -0.3 is 14.9 Å². The molecule has 0 spiro atoms. The van der Waals surface area contributed by atoms with E-state index in [1.165, 1.54) is 18.9 Å². The number of benzene rings is 1. The van der Waals surface area contributed by atoms with E-state index in [1.807, 2.05) is 30.3 Å². The maximum atomic E-state index is 12.9. The number of piperazine rings is 1. The Balaban J connectivity index is 1.84. The van der Waals surface area contributed by atoms with Crippen LogP contribution in [0.15, 0.2) is 30.3 Å². The van der Waals surface area contributed by atoms with Crippen molar-refractivity contribution in [2.45, 2.75) is 37.9 Å². The van der Waals surface area contributed by atoms with Crippen LogP contribution >= 0.6 is 0 Å². The predicted octanol–water partition coefficient (Wildman–Crippen LogP) is 0.566. The van der Waals surface area contributed by atoms with Gasteiger partial charge in [0.15, 0.2) is 0 Å². The predicted molar refractivity (Wildman–Crippen MR) is 91.2 cm³/mol. The number of carbonyl (C=O) groups is 4. The molecule has 3 atom stereocenters. The minimum absolute atomic E-state index is 0.0810. The maximum absolute atomic E-state index is 12.9. The Morgan fingerprint density at radius 2 is 1.85 bits per heavy atom. The number of carbonyl (C=O) groups excluding carboxylic acids is 3. The van der Waals surface area contributed by atoms with Gasteiger partial charge in [-0.15, -0.1) is 0 Å². The summed E-state index contributed by atoms with van der Waals surface area (Å²) in [5, 5.41) is 9.67. The van der Waals surface area contributed by atoms with Crippen LogP contribution in [-0.2, 0) is 20.8 Å². The molecule has 2 saturated heterocycles. The van der Waals surface area contributed by atoms with E-state index in [9.17, 15) is 24.3 Å². The minimum Gasteiger partial charge on any atom is -0.480 e. The van der Waals surface area contributed by atoms with E-state index in [-0.39, 0.29) is 13.0 Å². The van der Waals surface area contributed by atoms with E-state index in [2.05, 4.69) is 0 Å². The first-order valence-corrected chi connectivity index (χ1v) is 8.50. The number of aryl methyl sites for hydroxylation is 1. The SMILES string of the molecule is C[C@H]1C(=O)N2C(=O)N(C)C[C@@H]2C(=O)N1[C@@H](CCc1ccccc1)C(=O)O. The Morgan fingerprint density at radius 1 is 1.19 bits per heavy atom. The summed E-state index contributed by atoms with van der Waals surface area (Å²) in [5.74, 6) is -2.18. The summed E-state index contributed by atoms with van der Waals surface area (Å²) in [5.41, 5.74) is 0.958. The highest BCUT2D eigenvalue weighted by Crippen LogP contribution is 2.28. The van der Waals surface area contributed by atoms with E-state index in [0.29, 0.717) is 6.42 Å². The van der Waals surface area contributed by atoms with Crippen molar-refractivity contribution in [2.75, 3.05) is 13.6 Å². The Hall–Kier alpha value is -2.90. The zero-order valence-corrected chi connectivity index (χ0v) is 14.7. The van der Waals surface area contributed by atoms with Gasteiger partial charge in [0.25, 0.3) is 5.91 Å². The number of likely N-dealkylation sites (N-methyl/N-ethyl adjacent to an activating group) is 1. The molecular formula is C18H21N3O5. The van der Waals surface area contributed by atoms with Crippen molar-refractivity contribution in [3.63, 3.8) is 0 Å². The van der Waals surface area contributed by atoms with E-state index >= 15 is 0 Å². The number of nitrogens with zero attached hydrogens (tertiary/aromatic N) is 3. The van der Waals surface area contributed by atoms with Gasteiger partial charge in [-0.2, -0.15) is 0 Å². The fourth-order valence-corrected chi connectivity index (χ4v) is 3.61. The van der Waals surface area contributed by atoms with Gasteiger partial charge in [0.2, 0.25) is 5.91 Å². The fourth-order valence-electron chi connectivity index (χ4n) is 3.61. The topological polar surface area (TPSA) is 98.2 Å². The molecule has 0 aromatic heterocycles. The molecule has 1 aromatic rings. The molecule has 1 aromatic carbocycles. The maximum Gasteiger partial charge on any atom is 0.327 e. The normalized spacial score (nSPS) is 24.1. The van der Waals surface area contributed by atoms with Crippen molar-refractivity contribution < 1.29 is 24.3 Å². The summed E-state index contributed by atoms with van der Waals surface area (Å²) in [4.78, 5) is 52.9. The second-order valence-corrected chi connectivity index (χ2v) is 6.69. The van der Waals surface area contributed by atoms with E-state index in [4.69, 9.17) is 0 Å². The van der Waals surface area contributed by atoms with Crippen molar-refractivity contribution in [2.24, 2.45) is 0 Å². The number of aliphatic carboxylic acids is 1. The summed E-state index contributed by atoms with van der Waals surface area (Å²) in [6.45, 7) is 1.55. The van der Waals surface area contributed by atoms with Crippen molar-refractivity contribution in [1.82, 2.24) is 14.7 Å². The number of carboxylic acids is 1. The van der Waals surface area contributed by atoms with Crippen molar-refractivity contribution >= 4 is 23.8 Å². The zero-order chi connectivity index (χ0) is 19.0. The van der Waals surface area contributed by atoms with Crippen LogP contribution in [-0.4, -0.2) is 75.3 Å². The summed E-state index contributed by atoms with van der Waals surface area (Å²) < 4.78 is 0. The molecule has 2 fully saturated rings. The average molecular weight is 359 g/mol. The smallest absolute Gasteiger partial charge is 0.327 e. The number of urea groups is 1. The number of imide groups is 1. The molecule has 0 saturated carbocycles. The third kappa shape index (κ3) is 2.91. The summed E-state index contributed by atoms with van der Waals surface area (Å²) >= 11 is 0. The molecule has 26 heavy (non-hydrogen) atoms. The van der Waals surface area contributed by atoms with Crippen LogP contribution < -0.4 is 0 Å². The van der Waals surface area contributed by atoms with Gasteiger partial charge in [-0.1, -0.05) is 30.3 Å². The summed E-state index contributed by atoms with van der Waals surface area (Å²) in [6, 6.07) is 5.79. The molecule has 138 valence electrons. The number of amides is 4. The molecule has 0 radical (unpaired) electrons. The van der Waals surface area contributed by atoms with Gasteiger partial charge in [0, 0.05) is 7.05 Å².